The molecule has 1 spiro atoms. The van der Waals surface area contributed by atoms with Crippen LogP contribution in [0.25, 0.3) is 10.2 Å². The molecule has 6 rings (SSSR count). The van der Waals surface area contributed by atoms with Gasteiger partial charge in [-0.05, 0) is 47.9 Å². The minimum atomic E-state index is -0.829. The van der Waals surface area contributed by atoms with Gasteiger partial charge in [-0.3, -0.25) is 14.6 Å². The number of anilines is 1. The first kappa shape index (κ1) is 18.2. The number of rotatable bonds is 2. The molecule has 2 aliphatic heterocycles. The van der Waals surface area contributed by atoms with E-state index in [2.05, 4.69) is 15.3 Å². The van der Waals surface area contributed by atoms with Crippen molar-refractivity contribution in [1.82, 2.24) is 14.9 Å². The molecule has 7 heteroatoms. The van der Waals surface area contributed by atoms with Gasteiger partial charge in [-0.15, -0.1) is 11.3 Å². The summed E-state index contributed by atoms with van der Waals surface area (Å²) in [5.41, 5.74) is 5.07. The Morgan fingerprint density at radius 2 is 2.06 bits per heavy atom. The number of carbonyl (C=O) groups is 2. The van der Waals surface area contributed by atoms with Crippen molar-refractivity contribution in [2.45, 2.75) is 17.9 Å². The van der Waals surface area contributed by atoms with Crippen molar-refractivity contribution >= 4 is 39.1 Å². The fourth-order valence-corrected chi connectivity index (χ4v) is 5.78. The molecule has 0 radical (unpaired) electrons. The van der Waals surface area contributed by atoms with E-state index in [0.29, 0.717) is 18.5 Å². The number of likely N-dealkylation sites (tertiary alicyclic amines) is 1. The number of nitrogens with one attached hydrogen (secondary N) is 1. The number of pyridine rings is 1. The van der Waals surface area contributed by atoms with Gasteiger partial charge in [0.1, 0.15) is 5.41 Å². The van der Waals surface area contributed by atoms with Crippen LogP contribution in [0.5, 0.6) is 0 Å². The van der Waals surface area contributed by atoms with E-state index in [1.807, 2.05) is 59.5 Å². The summed E-state index contributed by atoms with van der Waals surface area (Å²) >= 11 is 1.51. The van der Waals surface area contributed by atoms with E-state index < -0.39 is 11.5 Å². The minimum absolute atomic E-state index is 0.0595. The molecule has 0 saturated carbocycles. The molecule has 2 aliphatic rings. The normalized spacial score (nSPS) is 22.1. The fourth-order valence-electron chi connectivity index (χ4n) is 5.06. The van der Waals surface area contributed by atoms with Gasteiger partial charge < -0.3 is 10.2 Å². The lowest BCUT2D eigenvalue weighted by atomic mass is 9.73. The van der Waals surface area contributed by atoms with Crippen LogP contribution < -0.4 is 5.32 Å². The van der Waals surface area contributed by atoms with Gasteiger partial charge in [0.05, 0.1) is 21.8 Å². The second-order valence-corrected chi connectivity index (χ2v) is 8.83. The average molecular weight is 427 g/mol. The zero-order valence-electron chi connectivity index (χ0n) is 16.5. The van der Waals surface area contributed by atoms with E-state index in [1.165, 1.54) is 11.3 Å². The van der Waals surface area contributed by atoms with Crippen LogP contribution in [0.15, 0.2) is 72.5 Å². The van der Waals surface area contributed by atoms with Crippen molar-refractivity contribution in [3.05, 3.63) is 89.2 Å². The number of benzene rings is 2. The SMILES string of the molecule is O=C(c1ccc2ncsc2c1)N1CCC2(C(=O)Nc3ccccc32)C1c1cccnc1. The summed E-state index contributed by atoms with van der Waals surface area (Å²) in [6, 6.07) is 16.7. The molecule has 2 atom stereocenters. The molecule has 1 N–H and O–H groups in total. The van der Waals surface area contributed by atoms with Gasteiger partial charge in [0.2, 0.25) is 5.91 Å². The third kappa shape index (κ3) is 2.56. The molecule has 2 amide bonds. The number of fused-ring (bicyclic) bond motifs is 3. The smallest absolute Gasteiger partial charge is 0.254 e. The molecule has 0 bridgehead atoms. The lowest BCUT2D eigenvalue weighted by Crippen LogP contribution is -2.42. The van der Waals surface area contributed by atoms with Crippen LogP contribution in [0.2, 0.25) is 0 Å². The number of para-hydroxylation sites is 1. The van der Waals surface area contributed by atoms with Crippen LogP contribution >= 0.6 is 11.3 Å². The van der Waals surface area contributed by atoms with Gasteiger partial charge in [-0.2, -0.15) is 0 Å². The standard InChI is InChI=1S/C24H18N4O2S/c29-22(15-7-8-19-20(12-15)31-14-26-19)28-11-9-24(21(28)16-4-3-10-25-13-16)17-5-1-2-6-18(17)27-23(24)30/h1-8,10,12-14,21H,9,11H2,(H,27,30). The van der Waals surface area contributed by atoms with Gasteiger partial charge in [0.25, 0.3) is 5.91 Å². The lowest BCUT2D eigenvalue weighted by molar-refractivity contribution is -0.121. The molecule has 1 fully saturated rings. The van der Waals surface area contributed by atoms with Crippen molar-refractivity contribution in [2.24, 2.45) is 0 Å². The zero-order valence-corrected chi connectivity index (χ0v) is 17.3. The van der Waals surface area contributed by atoms with E-state index in [-0.39, 0.29) is 11.8 Å². The van der Waals surface area contributed by atoms with E-state index in [1.54, 1.807) is 17.9 Å². The van der Waals surface area contributed by atoms with Crippen molar-refractivity contribution in [1.29, 1.82) is 0 Å². The molecular formula is C24H18N4O2S. The Morgan fingerprint density at radius 3 is 2.94 bits per heavy atom. The van der Waals surface area contributed by atoms with Crippen LogP contribution in [-0.4, -0.2) is 33.2 Å². The summed E-state index contributed by atoms with van der Waals surface area (Å²) in [7, 11) is 0. The highest BCUT2D eigenvalue weighted by molar-refractivity contribution is 7.16. The Morgan fingerprint density at radius 1 is 1.16 bits per heavy atom. The maximum absolute atomic E-state index is 13.7. The highest BCUT2D eigenvalue weighted by Crippen LogP contribution is 2.54. The lowest BCUT2D eigenvalue weighted by Gasteiger charge is -2.34. The molecule has 4 heterocycles. The predicted octanol–water partition coefficient (Wildman–Crippen LogP) is 4.17. The second-order valence-electron chi connectivity index (χ2n) is 7.94. The van der Waals surface area contributed by atoms with Crippen molar-refractivity contribution in [2.75, 3.05) is 11.9 Å². The minimum Gasteiger partial charge on any atom is -0.330 e. The fraction of sp³-hybridized carbons (Fsp3) is 0.167. The van der Waals surface area contributed by atoms with Crippen molar-refractivity contribution in [3.8, 4) is 0 Å². The summed E-state index contributed by atoms with van der Waals surface area (Å²) in [4.78, 5) is 37.5. The Bertz CT molecular complexity index is 1340. The van der Waals surface area contributed by atoms with Crippen molar-refractivity contribution < 1.29 is 9.59 Å². The predicted molar refractivity (Wildman–Crippen MR) is 119 cm³/mol. The Labute approximate surface area is 182 Å². The molecule has 1 saturated heterocycles. The summed E-state index contributed by atoms with van der Waals surface area (Å²) < 4.78 is 0.974. The quantitative estimate of drug-likeness (QED) is 0.522. The molecule has 2 unspecified atom stereocenters. The largest absolute Gasteiger partial charge is 0.330 e. The summed E-state index contributed by atoms with van der Waals surface area (Å²) in [5.74, 6) is -0.144. The van der Waals surface area contributed by atoms with E-state index in [0.717, 1.165) is 27.0 Å². The first-order valence-electron chi connectivity index (χ1n) is 10.1. The second kappa shape index (κ2) is 6.72. The number of thiazole rings is 1. The molecule has 31 heavy (non-hydrogen) atoms. The number of hydrogen-bond donors (Lipinski definition) is 1. The first-order chi connectivity index (χ1) is 15.2. The highest BCUT2D eigenvalue weighted by atomic mass is 32.1. The maximum Gasteiger partial charge on any atom is 0.254 e. The van der Waals surface area contributed by atoms with Gasteiger partial charge >= 0.3 is 0 Å². The number of amides is 2. The van der Waals surface area contributed by atoms with Gasteiger partial charge in [-0.1, -0.05) is 24.3 Å². The zero-order chi connectivity index (χ0) is 21.0. The molecule has 2 aromatic heterocycles. The monoisotopic (exact) mass is 426 g/mol. The Hall–Kier alpha value is -3.58. The van der Waals surface area contributed by atoms with Gasteiger partial charge in [0.15, 0.2) is 0 Å². The Kier molecular flexibility index (Phi) is 3.94. The third-order valence-electron chi connectivity index (χ3n) is 6.43. The van der Waals surface area contributed by atoms with Crippen LogP contribution in [-0.2, 0) is 10.2 Å². The average Bonchev–Trinajstić information content (AvgIpc) is 3.51. The van der Waals surface area contributed by atoms with Crippen molar-refractivity contribution in [3.63, 3.8) is 0 Å². The first-order valence-corrected chi connectivity index (χ1v) is 11.0. The summed E-state index contributed by atoms with van der Waals surface area (Å²) in [6.45, 7) is 0.487. The molecule has 2 aromatic carbocycles. The maximum atomic E-state index is 13.7. The van der Waals surface area contributed by atoms with Gasteiger partial charge in [-0.25, -0.2) is 4.98 Å². The number of nitrogens with zero attached hydrogens (tertiary/aromatic N) is 3. The van der Waals surface area contributed by atoms with E-state index in [9.17, 15) is 9.59 Å². The van der Waals surface area contributed by atoms with Crippen LogP contribution in [0, 0.1) is 0 Å². The molecule has 4 aromatic rings. The van der Waals surface area contributed by atoms with Gasteiger partial charge in [0, 0.05) is 30.2 Å². The molecule has 0 aliphatic carbocycles. The van der Waals surface area contributed by atoms with E-state index in [4.69, 9.17) is 0 Å². The van der Waals surface area contributed by atoms with Crippen LogP contribution in [0.4, 0.5) is 5.69 Å². The molecule has 6 nitrogen and oxygen atoms in total. The Balaban J connectivity index is 1.50. The summed E-state index contributed by atoms with van der Waals surface area (Å²) in [6.07, 6.45) is 4.03. The third-order valence-corrected chi connectivity index (χ3v) is 7.22. The van der Waals surface area contributed by atoms with E-state index >= 15 is 0 Å². The number of carbonyl (C=O) groups excluding carboxylic acids is 2. The van der Waals surface area contributed by atoms with Crippen LogP contribution in [0.1, 0.15) is 33.9 Å². The number of hydrogen-bond acceptors (Lipinski definition) is 5. The molecular weight excluding hydrogens is 408 g/mol. The summed E-state index contributed by atoms with van der Waals surface area (Å²) in [5, 5.41) is 3.05. The number of aromatic nitrogens is 2. The van der Waals surface area contributed by atoms with Crippen LogP contribution in [0.3, 0.4) is 0 Å². The molecule has 152 valence electrons. The highest BCUT2D eigenvalue weighted by Gasteiger charge is 2.59. The topological polar surface area (TPSA) is 75.2 Å².